The Morgan fingerprint density at radius 1 is 1.22 bits per heavy atom. The second kappa shape index (κ2) is 10.7. The van der Waals surface area contributed by atoms with Crippen LogP contribution in [0, 0.1) is 0 Å². The van der Waals surface area contributed by atoms with Crippen LogP contribution in [0.4, 0.5) is 0 Å². The maximum atomic E-state index is 12.4. The first-order chi connectivity index (χ1) is 12.9. The number of amides is 1. The molecule has 0 saturated carbocycles. The first-order valence-corrected chi connectivity index (χ1v) is 10.7. The quantitative estimate of drug-likeness (QED) is 0.538. The Balaban J connectivity index is 1.86. The topological polar surface area (TPSA) is 91.0 Å². The van der Waals surface area contributed by atoms with Gasteiger partial charge in [0.1, 0.15) is 0 Å². The molecule has 0 unspecified atom stereocenters. The van der Waals surface area contributed by atoms with Gasteiger partial charge in [0.25, 0.3) is 5.91 Å². The van der Waals surface area contributed by atoms with Crippen LogP contribution < -0.4 is 10.0 Å². The summed E-state index contributed by atoms with van der Waals surface area (Å²) in [5.74, 6) is -0.270. The first kappa shape index (κ1) is 21.8. The number of nitrogens with zero attached hydrogens (tertiary/aromatic N) is 2. The Hall–Kier alpha value is -1.52. The van der Waals surface area contributed by atoms with E-state index in [1.54, 1.807) is 12.1 Å². The van der Waals surface area contributed by atoms with Crippen molar-refractivity contribution in [3.63, 3.8) is 0 Å². The van der Waals surface area contributed by atoms with Crippen LogP contribution in [0.25, 0.3) is 0 Å². The Bertz CT molecular complexity index is 703. The number of sulfonamides is 1. The molecule has 1 amide bonds. The van der Waals surface area contributed by atoms with Gasteiger partial charge in [0.2, 0.25) is 10.0 Å². The van der Waals surface area contributed by atoms with Gasteiger partial charge in [-0.2, -0.15) is 0 Å². The van der Waals surface area contributed by atoms with Crippen LogP contribution in [0.3, 0.4) is 0 Å². The van der Waals surface area contributed by atoms with Crippen LogP contribution in [0.2, 0.25) is 0 Å². The molecule has 1 heterocycles. The molecule has 0 radical (unpaired) electrons. The van der Waals surface area contributed by atoms with E-state index in [0.29, 0.717) is 25.1 Å². The third-order valence-electron chi connectivity index (χ3n) is 4.30. The van der Waals surface area contributed by atoms with Crippen molar-refractivity contribution >= 4 is 15.9 Å². The van der Waals surface area contributed by atoms with E-state index < -0.39 is 10.0 Å². The summed E-state index contributed by atoms with van der Waals surface area (Å²) >= 11 is 0. The van der Waals surface area contributed by atoms with E-state index in [9.17, 15) is 13.2 Å². The van der Waals surface area contributed by atoms with E-state index in [1.807, 2.05) is 19.0 Å². The second-order valence-electron chi connectivity index (χ2n) is 6.79. The highest BCUT2D eigenvalue weighted by Gasteiger charge is 2.16. The Morgan fingerprint density at radius 3 is 2.67 bits per heavy atom. The Kier molecular flexibility index (Phi) is 8.65. The van der Waals surface area contributed by atoms with Crippen molar-refractivity contribution in [1.29, 1.82) is 0 Å². The largest absolute Gasteiger partial charge is 0.379 e. The summed E-state index contributed by atoms with van der Waals surface area (Å²) in [5.41, 5.74) is 0.341. The number of benzene rings is 1. The molecule has 1 aromatic rings. The molecule has 27 heavy (non-hydrogen) atoms. The number of rotatable bonds is 10. The average molecular weight is 399 g/mol. The van der Waals surface area contributed by atoms with E-state index in [-0.39, 0.29) is 10.8 Å². The van der Waals surface area contributed by atoms with Crippen molar-refractivity contribution in [2.24, 2.45) is 0 Å². The number of hydrogen-bond donors (Lipinski definition) is 2. The zero-order valence-corrected chi connectivity index (χ0v) is 16.9. The lowest BCUT2D eigenvalue weighted by Crippen LogP contribution is -2.41. The molecule has 1 saturated heterocycles. The predicted octanol–water partition coefficient (Wildman–Crippen LogP) is -0.0214. The fraction of sp³-hybridized carbons (Fsp3) is 0.611. The van der Waals surface area contributed by atoms with Crippen LogP contribution in [0.15, 0.2) is 29.2 Å². The summed E-state index contributed by atoms with van der Waals surface area (Å²) in [6, 6.07) is 6.12. The normalized spacial score (nSPS) is 15.8. The fourth-order valence-electron chi connectivity index (χ4n) is 2.74. The molecule has 152 valence electrons. The number of hydrogen-bond acceptors (Lipinski definition) is 6. The van der Waals surface area contributed by atoms with Gasteiger partial charge in [-0.25, -0.2) is 13.1 Å². The van der Waals surface area contributed by atoms with Gasteiger partial charge < -0.3 is 15.0 Å². The van der Waals surface area contributed by atoms with Crippen LogP contribution in [0.5, 0.6) is 0 Å². The summed E-state index contributed by atoms with van der Waals surface area (Å²) in [4.78, 5) is 16.7. The third kappa shape index (κ3) is 7.55. The lowest BCUT2D eigenvalue weighted by Gasteiger charge is -2.26. The standard InChI is InChI=1S/C18H30N4O4S/c1-21(2)9-4-7-20-27(24,25)17-6-3-5-16(15-17)18(23)19-8-10-22-11-13-26-14-12-22/h3,5-6,15,20H,4,7-14H2,1-2H3,(H,19,23). The Labute approximate surface area is 161 Å². The van der Waals surface area contributed by atoms with Gasteiger partial charge in [0, 0.05) is 38.3 Å². The molecule has 2 N–H and O–H groups in total. The number of nitrogens with one attached hydrogen (secondary N) is 2. The van der Waals surface area contributed by atoms with Crippen molar-refractivity contribution in [3.8, 4) is 0 Å². The van der Waals surface area contributed by atoms with Crippen LogP contribution >= 0.6 is 0 Å². The molecule has 1 aliphatic heterocycles. The molecular weight excluding hydrogens is 368 g/mol. The molecule has 1 fully saturated rings. The van der Waals surface area contributed by atoms with E-state index in [4.69, 9.17) is 4.74 Å². The van der Waals surface area contributed by atoms with Crippen LogP contribution in [-0.4, -0.2) is 90.7 Å². The summed E-state index contributed by atoms with van der Waals surface area (Å²) < 4.78 is 32.7. The molecule has 0 spiro atoms. The summed E-state index contributed by atoms with van der Waals surface area (Å²) in [5, 5.41) is 2.85. The van der Waals surface area contributed by atoms with Crippen molar-refractivity contribution in [2.45, 2.75) is 11.3 Å². The summed E-state index contributed by atoms with van der Waals surface area (Å²) in [6.07, 6.45) is 0.716. The van der Waals surface area contributed by atoms with Gasteiger partial charge in [0.05, 0.1) is 18.1 Å². The molecule has 1 aromatic carbocycles. The van der Waals surface area contributed by atoms with Gasteiger partial charge in [-0.15, -0.1) is 0 Å². The maximum absolute atomic E-state index is 12.4. The highest BCUT2D eigenvalue weighted by atomic mass is 32.2. The highest BCUT2D eigenvalue weighted by molar-refractivity contribution is 7.89. The van der Waals surface area contributed by atoms with E-state index in [2.05, 4.69) is 14.9 Å². The first-order valence-electron chi connectivity index (χ1n) is 9.21. The zero-order chi connectivity index (χ0) is 19.7. The molecule has 9 heteroatoms. The van der Waals surface area contributed by atoms with Crippen molar-refractivity contribution in [1.82, 2.24) is 19.8 Å². The minimum atomic E-state index is -3.62. The molecule has 0 atom stereocenters. The van der Waals surface area contributed by atoms with Crippen molar-refractivity contribution in [2.75, 3.05) is 66.6 Å². The van der Waals surface area contributed by atoms with Gasteiger partial charge in [0.15, 0.2) is 0 Å². The van der Waals surface area contributed by atoms with Gasteiger partial charge in [-0.3, -0.25) is 9.69 Å². The van der Waals surface area contributed by atoms with Crippen molar-refractivity contribution in [3.05, 3.63) is 29.8 Å². The molecule has 8 nitrogen and oxygen atoms in total. The number of ether oxygens (including phenoxy) is 1. The smallest absolute Gasteiger partial charge is 0.251 e. The van der Waals surface area contributed by atoms with E-state index >= 15 is 0 Å². The average Bonchev–Trinajstić information content (AvgIpc) is 2.66. The van der Waals surface area contributed by atoms with Gasteiger partial charge >= 0.3 is 0 Å². The minimum Gasteiger partial charge on any atom is -0.379 e. The molecule has 1 aliphatic rings. The van der Waals surface area contributed by atoms with Crippen molar-refractivity contribution < 1.29 is 17.9 Å². The predicted molar refractivity (Wildman–Crippen MR) is 104 cm³/mol. The van der Waals surface area contributed by atoms with E-state index in [0.717, 1.165) is 39.4 Å². The Morgan fingerprint density at radius 2 is 1.96 bits per heavy atom. The van der Waals surface area contributed by atoms with Gasteiger partial charge in [-0.1, -0.05) is 6.07 Å². The SMILES string of the molecule is CN(C)CCCNS(=O)(=O)c1cccc(C(=O)NCCN2CCOCC2)c1. The molecule has 2 rings (SSSR count). The van der Waals surface area contributed by atoms with Crippen LogP contribution in [-0.2, 0) is 14.8 Å². The minimum absolute atomic E-state index is 0.105. The fourth-order valence-corrected chi connectivity index (χ4v) is 3.86. The maximum Gasteiger partial charge on any atom is 0.251 e. The highest BCUT2D eigenvalue weighted by Crippen LogP contribution is 2.11. The van der Waals surface area contributed by atoms with Gasteiger partial charge in [-0.05, 0) is 45.3 Å². The summed E-state index contributed by atoms with van der Waals surface area (Å²) in [6.45, 7) is 5.58. The number of carbonyl (C=O) groups is 1. The second-order valence-corrected chi connectivity index (χ2v) is 8.56. The monoisotopic (exact) mass is 398 g/mol. The molecule has 0 bridgehead atoms. The lowest BCUT2D eigenvalue weighted by molar-refractivity contribution is 0.0383. The summed E-state index contributed by atoms with van der Waals surface area (Å²) in [7, 11) is 0.258. The molecular formula is C18H30N4O4S. The number of morpholine rings is 1. The van der Waals surface area contributed by atoms with E-state index in [1.165, 1.54) is 12.1 Å². The zero-order valence-electron chi connectivity index (χ0n) is 16.1. The third-order valence-corrected chi connectivity index (χ3v) is 5.76. The molecule has 0 aliphatic carbocycles. The van der Waals surface area contributed by atoms with Crippen LogP contribution in [0.1, 0.15) is 16.8 Å². The lowest BCUT2D eigenvalue weighted by atomic mass is 10.2. The molecule has 0 aromatic heterocycles. The number of carbonyl (C=O) groups excluding carboxylic acids is 1.